The Morgan fingerprint density at radius 3 is 1.94 bits per heavy atom. The summed E-state index contributed by atoms with van der Waals surface area (Å²) < 4.78 is 16.4. The summed E-state index contributed by atoms with van der Waals surface area (Å²) in [5, 5.41) is 10.3. The van der Waals surface area contributed by atoms with E-state index in [1.807, 2.05) is 19.1 Å². The van der Waals surface area contributed by atoms with Crippen LogP contribution in [0, 0.1) is 0 Å². The Hall–Kier alpha value is -0.420. The molecule has 1 saturated heterocycles. The number of rotatable bonds is 4. The van der Waals surface area contributed by atoms with Gasteiger partial charge in [-0.2, -0.15) is 0 Å². The molecule has 0 saturated carbocycles. The van der Waals surface area contributed by atoms with Crippen molar-refractivity contribution in [2.75, 3.05) is 27.4 Å². The minimum Gasteiger partial charge on any atom is -0.390 e. The van der Waals surface area contributed by atoms with Gasteiger partial charge < -0.3 is 19.3 Å². The van der Waals surface area contributed by atoms with E-state index in [1.165, 1.54) is 0 Å². The molecule has 2 rings (SSSR count). The smallest absolute Gasteiger partial charge is 0.114 e. The van der Waals surface area contributed by atoms with Crippen molar-refractivity contribution in [3.05, 3.63) is 12.2 Å². The first-order valence-electron chi connectivity index (χ1n) is 5.56. The normalized spacial score (nSPS) is 46.2. The van der Waals surface area contributed by atoms with E-state index in [0.29, 0.717) is 26.1 Å². The van der Waals surface area contributed by atoms with Crippen LogP contribution in [0.3, 0.4) is 0 Å². The molecule has 0 amide bonds. The molecule has 0 aromatic rings. The number of methoxy groups -OCH3 is 2. The van der Waals surface area contributed by atoms with E-state index in [2.05, 4.69) is 0 Å². The highest BCUT2D eigenvalue weighted by Crippen LogP contribution is 2.47. The number of hydrogen-bond acceptors (Lipinski definition) is 4. The average molecular weight is 228 g/mol. The van der Waals surface area contributed by atoms with E-state index in [9.17, 15) is 5.11 Å². The van der Waals surface area contributed by atoms with Crippen molar-refractivity contribution in [2.45, 2.75) is 36.6 Å². The van der Waals surface area contributed by atoms with Gasteiger partial charge in [0.05, 0.1) is 18.8 Å². The summed E-state index contributed by atoms with van der Waals surface area (Å²) in [6, 6.07) is 0. The molecule has 2 aliphatic rings. The molecule has 4 nitrogen and oxygen atoms in total. The summed E-state index contributed by atoms with van der Waals surface area (Å²) in [6.45, 7) is 2.77. The van der Waals surface area contributed by atoms with E-state index in [0.717, 1.165) is 0 Å². The van der Waals surface area contributed by atoms with Gasteiger partial charge in [0.2, 0.25) is 0 Å². The van der Waals surface area contributed by atoms with Crippen LogP contribution >= 0.6 is 0 Å². The molecule has 16 heavy (non-hydrogen) atoms. The molecule has 1 fully saturated rings. The van der Waals surface area contributed by atoms with Gasteiger partial charge >= 0.3 is 0 Å². The zero-order chi connectivity index (χ0) is 11.9. The maximum Gasteiger partial charge on any atom is 0.114 e. The molecule has 0 spiro atoms. The fraction of sp³-hybridized carbons (Fsp3) is 0.833. The Bertz CT molecular complexity index is 273. The van der Waals surface area contributed by atoms with Crippen molar-refractivity contribution < 1.29 is 19.3 Å². The first-order chi connectivity index (χ1) is 7.45. The van der Waals surface area contributed by atoms with Gasteiger partial charge in [-0.15, -0.1) is 0 Å². The molecule has 92 valence electrons. The second kappa shape index (κ2) is 3.81. The Labute approximate surface area is 96.2 Å². The van der Waals surface area contributed by atoms with E-state index in [-0.39, 0.29) is 0 Å². The highest BCUT2D eigenvalue weighted by atomic mass is 16.6. The topological polar surface area (TPSA) is 47.9 Å². The van der Waals surface area contributed by atoms with Gasteiger partial charge in [0.25, 0.3) is 0 Å². The van der Waals surface area contributed by atoms with E-state index in [4.69, 9.17) is 14.2 Å². The monoisotopic (exact) mass is 228 g/mol. The van der Waals surface area contributed by atoms with Crippen LogP contribution < -0.4 is 0 Å². The largest absolute Gasteiger partial charge is 0.390 e. The summed E-state index contributed by atoms with van der Waals surface area (Å²) >= 11 is 0. The van der Waals surface area contributed by atoms with Crippen molar-refractivity contribution in [3.8, 4) is 0 Å². The van der Waals surface area contributed by atoms with Gasteiger partial charge in [-0.05, 0) is 6.92 Å². The minimum atomic E-state index is -0.737. The zero-order valence-corrected chi connectivity index (χ0v) is 10.2. The van der Waals surface area contributed by atoms with Gasteiger partial charge in [0, 0.05) is 27.1 Å². The highest BCUT2D eigenvalue weighted by molar-refractivity contribution is 5.25. The van der Waals surface area contributed by atoms with Crippen LogP contribution in [0.15, 0.2) is 12.2 Å². The Kier molecular flexibility index (Phi) is 2.87. The quantitative estimate of drug-likeness (QED) is 0.726. The molecule has 0 aromatic heterocycles. The predicted molar refractivity (Wildman–Crippen MR) is 59.3 cm³/mol. The molecule has 2 aliphatic heterocycles. The Morgan fingerprint density at radius 1 is 1.12 bits per heavy atom. The molecule has 0 aromatic carbocycles. The number of fused-ring (bicyclic) bond motifs is 2. The highest BCUT2D eigenvalue weighted by Gasteiger charge is 2.55. The standard InChI is InChI=1S/C12H20O4/c1-10(13)6-11(8-14-2)4-5-12(7-10,16-11)9-15-3/h4-5,13H,6-9H2,1-3H3/t10?,11-,12+. The second-order valence-corrected chi connectivity index (χ2v) is 5.28. The van der Waals surface area contributed by atoms with E-state index >= 15 is 0 Å². The van der Waals surface area contributed by atoms with Crippen molar-refractivity contribution in [1.29, 1.82) is 0 Å². The van der Waals surface area contributed by atoms with Crippen molar-refractivity contribution in [2.24, 2.45) is 0 Å². The molecular formula is C12H20O4. The molecular weight excluding hydrogens is 208 g/mol. The molecule has 0 aliphatic carbocycles. The second-order valence-electron chi connectivity index (χ2n) is 5.28. The van der Waals surface area contributed by atoms with Gasteiger partial charge in [-0.1, -0.05) is 12.2 Å². The van der Waals surface area contributed by atoms with E-state index in [1.54, 1.807) is 14.2 Å². The Balaban J connectivity index is 2.24. The third-order valence-electron chi connectivity index (χ3n) is 3.23. The van der Waals surface area contributed by atoms with Crippen LogP contribution in [0.1, 0.15) is 19.8 Å². The Morgan fingerprint density at radius 2 is 1.56 bits per heavy atom. The van der Waals surface area contributed by atoms with Gasteiger partial charge in [0.1, 0.15) is 11.2 Å². The van der Waals surface area contributed by atoms with Crippen molar-refractivity contribution in [3.63, 3.8) is 0 Å². The van der Waals surface area contributed by atoms with Gasteiger partial charge in [-0.25, -0.2) is 0 Å². The third-order valence-corrected chi connectivity index (χ3v) is 3.23. The van der Waals surface area contributed by atoms with Crippen LogP contribution in [0.5, 0.6) is 0 Å². The number of hydrogen-bond donors (Lipinski definition) is 1. The SMILES string of the molecule is COC[C@@]12C=C[C@@](COC)(CC(C)(O)C1)O2. The fourth-order valence-corrected chi connectivity index (χ4v) is 3.06. The van der Waals surface area contributed by atoms with Crippen molar-refractivity contribution in [1.82, 2.24) is 0 Å². The predicted octanol–water partition coefficient (Wildman–Crippen LogP) is 0.888. The van der Waals surface area contributed by atoms with Crippen LogP contribution in [0.4, 0.5) is 0 Å². The summed E-state index contributed by atoms with van der Waals surface area (Å²) in [5.74, 6) is 0. The molecule has 0 radical (unpaired) electrons. The summed E-state index contributed by atoms with van der Waals surface area (Å²) in [4.78, 5) is 0. The molecule has 3 atom stereocenters. The van der Waals surface area contributed by atoms with Crippen molar-refractivity contribution >= 4 is 0 Å². The minimum absolute atomic E-state index is 0.463. The molecule has 2 heterocycles. The molecule has 4 heteroatoms. The van der Waals surface area contributed by atoms with E-state index < -0.39 is 16.8 Å². The van der Waals surface area contributed by atoms with Gasteiger partial charge in [0.15, 0.2) is 0 Å². The van der Waals surface area contributed by atoms with Crippen LogP contribution in [-0.2, 0) is 14.2 Å². The molecule has 1 unspecified atom stereocenters. The first-order valence-corrected chi connectivity index (χ1v) is 5.56. The maximum atomic E-state index is 10.3. The van der Waals surface area contributed by atoms with Crippen LogP contribution in [-0.4, -0.2) is 49.3 Å². The van der Waals surface area contributed by atoms with Crippen LogP contribution in [0.25, 0.3) is 0 Å². The average Bonchev–Trinajstić information content (AvgIpc) is 2.38. The lowest BCUT2D eigenvalue weighted by molar-refractivity contribution is -0.216. The molecule has 1 N–H and O–H groups in total. The zero-order valence-electron chi connectivity index (χ0n) is 10.2. The third kappa shape index (κ3) is 2.02. The maximum absolute atomic E-state index is 10.3. The lowest BCUT2D eigenvalue weighted by Crippen LogP contribution is -2.55. The first kappa shape index (κ1) is 12.0. The summed E-state index contributed by atoms with van der Waals surface area (Å²) in [5.41, 5.74) is -1.72. The molecule has 2 bridgehead atoms. The summed E-state index contributed by atoms with van der Waals surface area (Å²) in [7, 11) is 3.29. The number of aliphatic hydroxyl groups is 1. The fourth-order valence-electron chi connectivity index (χ4n) is 3.06. The lowest BCUT2D eigenvalue weighted by Gasteiger charge is -2.46. The van der Waals surface area contributed by atoms with Gasteiger partial charge in [-0.3, -0.25) is 0 Å². The summed E-state index contributed by atoms with van der Waals surface area (Å²) in [6.07, 6.45) is 5.15. The lowest BCUT2D eigenvalue weighted by atomic mass is 9.80. The van der Waals surface area contributed by atoms with Crippen LogP contribution in [0.2, 0.25) is 0 Å². The number of ether oxygens (including phenoxy) is 3.